The Morgan fingerprint density at radius 1 is 0.852 bits per heavy atom. The first-order valence-electron chi connectivity index (χ1n) is 8.43. The molecule has 2 N–H and O–H groups in total. The van der Waals surface area contributed by atoms with Crippen molar-refractivity contribution < 1.29 is 19.0 Å². The predicted octanol–water partition coefficient (Wildman–Crippen LogP) is 4.42. The second kappa shape index (κ2) is 7.29. The smallest absolute Gasteiger partial charge is 0.255 e. The molecule has 0 atom stereocenters. The Labute approximate surface area is 156 Å². The van der Waals surface area contributed by atoms with Gasteiger partial charge in [0.1, 0.15) is 5.75 Å². The molecule has 3 aromatic rings. The highest BCUT2D eigenvalue weighted by Crippen LogP contribution is 2.32. The Morgan fingerprint density at radius 3 is 2.19 bits per heavy atom. The maximum absolute atomic E-state index is 12.4. The van der Waals surface area contributed by atoms with E-state index in [2.05, 4.69) is 10.6 Å². The van der Waals surface area contributed by atoms with Crippen LogP contribution in [0.5, 0.6) is 17.2 Å². The van der Waals surface area contributed by atoms with Gasteiger partial charge in [-0.25, -0.2) is 0 Å². The quantitative estimate of drug-likeness (QED) is 0.703. The lowest BCUT2D eigenvalue weighted by molar-refractivity contribution is 0.102. The summed E-state index contributed by atoms with van der Waals surface area (Å²) in [6, 6.07) is 20.3. The van der Waals surface area contributed by atoms with Crippen molar-refractivity contribution in [1.29, 1.82) is 0 Å². The zero-order valence-electron chi connectivity index (χ0n) is 14.7. The topological polar surface area (TPSA) is 68.8 Å². The first kappa shape index (κ1) is 16.8. The molecule has 1 amide bonds. The fourth-order valence-electron chi connectivity index (χ4n) is 2.72. The Hall–Kier alpha value is -3.67. The van der Waals surface area contributed by atoms with Gasteiger partial charge in [0.05, 0.1) is 7.11 Å². The van der Waals surface area contributed by atoms with E-state index in [0.29, 0.717) is 22.7 Å². The molecule has 6 nitrogen and oxygen atoms in total. The van der Waals surface area contributed by atoms with E-state index < -0.39 is 0 Å². The van der Waals surface area contributed by atoms with Crippen LogP contribution in [0.15, 0.2) is 66.7 Å². The van der Waals surface area contributed by atoms with Gasteiger partial charge in [-0.15, -0.1) is 0 Å². The molecule has 0 aromatic heterocycles. The van der Waals surface area contributed by atoms with E-state index in [9.17, 15) is 4.79 Å². The summed E-state index contributed by atoms with van der Waals surface area (Å²) < 4.78 is 15.7. The Bertz CT molecular complexity index is 953. The van der Waals surface area contributed by atoms with Crippen LogP contribution in [-0.2, 0) is 0 Å². The second-order valence-corrected chi connectivity index (χ2v) is 5.95. The number of rotatable bonds is 5. The minimum atomic E-state index is -0.204. The van der Waals surface area contributed by atoms with Crippen LogP contribution in [0.2, 0.25) is 0 Å². The third kappa shape index (κ3) is 3.79. The number of benzene rings is 3. The largest absolute Gasteiger partial charge is 0.497 e. The summed E-state index contributed by atoms with van der Waals surface area (Å²) in [6.07, 6.45) is 0. The molecule has 0 saturated heterocycles. The summed E-state index contributed by atoms with van der Waals surface area (Å²) in [4.78, 5) is 12.4. The van der Waals surface area contributed by atoms with E-state index in [0.717, 1.165) is 17.1 Å². The molecule has 0 spiro atoms. The van der Waals surface area contributed by atoms with E-state index >= 15 is 0 Å². The number of hydrogen-bond donors (Lipinski definition) is 2. The third-order valence-corrected chi connectivity index (χ3v) is 4.16. The van der Waals surface area contributed by atoms with Gasteiger partial charge < -0.3 is 24.8 Å². The van der Waals surface area contributed by atoms with Gasteiger partial charge in [0.25, 0.3) is 5.91 Å². The molecule has 0 fully saturated rings. The predicted molar refractivity (Wildman–Crippen MR) is 103 cm³/mol. The first-order chi connectivity index (χ1) is 13.2. The zero-order valence-corrected chi connectivity index (χ0v) is 14.7. The summed E-state index contributed by atoms with van der Waals surface area (Å²) in [6.45, 7) is 0.184. The van der Waals surface area contributed by atoms with E-state index in [1.165, 1.54) is 0 Å². The lowest BCUT2D eigenvalue weighted by atomic mass is 10.2. The van der Waals surface area contributed by atoms with Crippen LogP contribution in [-0.4, -0.2) is 19.8 Å². The van der Waals surface area contributed by atoms with Crippen molar-refractivity contribution in [3.63, 3.8) is 0 Å². The number of methoxy groups -OCH3 is 1. The van der Waals surface area contributed by atoms with Crippen molar-refractivity contribution in [3.05, 3.63) is 72.3 Å². The van der Waals surface area contributed by atoms with Crippen LogP contribution < -0.4 is 24.8 Å². The summed E-state index contributed by atoms with van der Waals surface area (Å²) in [7, 11) is 1.64. The van der Waals surface area contributed by atoms with Crippen molar-refractivity contribution in [2.45, 2.75) is 0 Å². The number of anilines is 3. The van der Waals surface area contributed by atoms with Gasteiger partial charge in [0.15, 0.2) is 11.5 Å². The standard InChI is InChI=1S/C21H18N2O4/c1-25-18-9-7-16(8-10-18)22-15-3-5-17(6-4-15)23-21(24)14-2-11-19-20(12-14)27-13-26-19/h2-12,22H,13H2,1H3,(H,23,24). The molecule has 27 heavy (non-hydrogen) atoms. The SMILES string of the molecule is COc1ccc(Nc2ccc(NC(=O)c3ccc4c(c3)OCO4)cc2)cc1. The molecule has 0 saturated carbocycles. The molecule has 6 heteroatoms. The average Bonchev–Trinajstić information content (AvgIpc) is 3.18. The molecular weight excluding hydrogens is 344 g/mol. The number of nitrogens with one attached hydrogen (secondary N) is 2. The van der Waals surface area contributed by atoms with E-state index in [-0.39, 0.29) is 12.7 Å². The van der Waals surface area contributed by atoms with Gasteiger partial charge in [-0.05, 0) is 66.7 Å². The number of carbonyl (C=O) groups is 1. The van der Waals surface area contributed by atoms with Gasteiger partial charge in [-0.1, -0.05) is 0 Å². The van der Waals surface area contributed by atoms with E-state index in [4.69, 9.17) is 14.2 Å². The fraction of sp³-hybridized carbons (Fsp3) is 0.0952. The number of hydrogen-bond acceptors (Lipinski definition) is 5. The first-order valence-corrected chi connectivity index (χ1v) is 8.43. The van der Waals surface area contributed by atoms with Gasteiger partial charge in [0.2, 0.25) is 6.79 Å². The second-order valence-electron chi connectivity index (χ2n) is 5.95. The van der Waals surface area contributed by atoms with Crippen LogP contribution in [0.3, 0.4) is 0 Å². The number of ether oxygens (including phenoxy) is 3. The summed E-state index contributed by atoms with van der Waals surface area (Å²) in [5, 5.41) is 6.17. The summed E-state index contributed by atoms with van der Waals surface area (Å²) in [5.74, 6) is 1.84. The summed E-state index contributed by atoms with van der Waals surface area (Å²) in [5.41, 5.74) is 3.09. The maximum Gasteiger partial charge on any atom is 0.255 e. The van der Waals surface area contributed by atoms with Crippen molar-refractivity contribution in [2.24, 2.45) is 0 Å². The Kier molecular flexibility index (Phi) is 4.53. The normalized spacial score (nSPS) is 11.7. The molecule has 0 radical (unpaired) electrons. The lowest BCUT2D eigenvalue weighted by Crippen LogP contribution is -2.11. The Morgan fingerprint density at radius 2 is 1.48 bits per heavy atom. The highest BCUT2D eigenvalue weighted by atomic mass is 16.7. The third-order valence-electron chi connectivity index (χ3n) is 4.16. The van der Waals surface area contributed by atoms with Crippen molar-refractivity contribution >= 4 is 23.0 Å². The maximum atomic E-state index is 12.4. The van der Waals surface area contributed by atoms with Crippen molar-refractivity contribution in [3.8, 4) is 17.2 Å². The monoisotopic (exact) mass is 362 g/mol. The fourth-order valence-corrected chi connectivity index (χ4v) is 2.72. The molecule has 0 aliphatic carbocycles. The minimum absolute atomic E-state index is 0.184. The molecule has 136 valence electrons. The molecule has 3 aromatic carbocycles. The minimum Gasteiger partial charge on any atom is -0.497 e. The molecule has 4 rings (SSSR count). The van der Waals surface area contributed by atoms with Gasteiger partial charge >= 0.3 is 0 Å². The lowest BCUT2D eigenvalue weighted by Gasteiger charge is -2.09. The molecule has 1 heterocycles. The van der Waals surface area contributed by atoms with Crippen molar-refractivity contribution in [1.82, 2.24) is 0 Å². The van der Waals surface area contributed by atoms with Crippen LogP contribution >= 0.6 is 0 Å². The molecule has 1 aliphatic heterocycles. The molecule has 0 unspecified atom stereocenters. The number of amides is 1. The van der Waals surface area contributed by atoms with Gasteiger partial charge in [-0.2, -0.15) is 0 Å². The summed E-state index contributed by atoms with van der Waals surface area (Å²) >= 11 is 0. The van der Waals surface area contributed by atoms with Crippen LogP contribution in [0.1, 0.15) is 10.4 Å². The molecule has 1 aliphatic rings. The Balaban J connectivity index is 1.40. The van der Waals surface area contributed by atoms with Gasteiger partial charge in [0, 0.05) is 22.6 Å². The highest BCUT2D eigenvalue weighted by Gasteiger charge is 2.16. The van der Waals surface area contributed by atoms with Crippen LogP contribution in [0, 0.1) is 0 Å². The average molecular weight is 362 g/mol. The van der Waals surface area contributed by atoms with Crippen LogP contribution in [0.25, 0.3) is 0 Å². The highest BCUT2D eigenvalue weighted by molar-refractivity contribution is 6.04. The number of fused-ring (bicyclic) bond motifs is 1. The molecule has 0 bridgehead atoms. The van der Waals surface area contributed by atoms with E-state index in [1.54, 1.807) is 25.3 Å². The van der Waals surface area contributed by atoms with Gasteiger partial charge in [-0.3, -0.25) is 4.79 Å². The molecular formula is C21H18N2O4. The van der Waals surface area contributed by atoms with Crippen LogP contribution in [0.4, 0.5) is 17.1 Å². The van der Waals surface area contributed by atoms with Crippen molar-refractivity contribution in [2.75, 3.05) is 24.5 Å². The zero-order chi connectivity index (χ0) is 18.6. The van der Waals surface area contributed by atoms with E-state index in [1.807, 2.05) is 48.5 Å². The number of carbonyl (C=O) groups excluding carboxylic acids is 1.